The van der Waals surface area contributed by atoms with Crippen LogP contribution in [0, 0.1) is 30.7 Å². The SMILES string of the molecule is CCC(CC)C(=O)/C=C(\O)C(CC)CC.Cc1ccc2c3c([c-]cc2c1)-c1nccc2oc4c(CC(C)C)ccc(c4c12)C3(C)C.[Ir]. The van der Waals surface area contributed by atoms with Crippen LogP contribution in [0.4, 0.5) is 0 Å². The number of carbonyl (C=O) groups excluding carboxylic acids is 1. The van der Waals surface area contributed by atoms with E-state index < -0.39 is 0 Å². The Morgan fingerprint density at radius 2 is 1.66 bits per heavy atom. The Kier molecular flexibility index (Phi) is 11.6. The maximum atomic E-state index is 11.7. The largest absolute Gasteiger partial charge is 0.512 e. The molecule has 251 valence electrons. The summed E-state index contributed by atoms with van der Waals surface area (Å²) in [7, 11) is 0. The predicted molar refractivity (Wildman–Crippen MR) is 193 cm³/mol. The van der Waals surface area contributed by atoms with E-state index in [2.05, 4.69) is 77.1 Å². The average Bonchev–Trinajstić information content (AvgIpc) is 3.38. The van der Waals surface area contributed by atoms with Gasteiger partial charge in [-0.05, 0) is 73.2 Å². The second-order valence-corrected chi connectivity index (χ2v) is 14.0. The van der Waals surface area contributed by atoms with Crippen LogP contribution in [-0.2, 0) is 36.7 Å². The molecule has 2 heterocycles. The molecular formula is C42H50IrNO3-. The number of benzene rings is 3. The molecule has 0 amide bonds. The first kappa shape index (κ1) is 36.6. The predicted octanol–water partition coefficient (Wildman–Crippen LogP) is 11.6. The van der Waals surface area contributed by atoms with Crippen LogP contribution in [0.1, 0.15) is 103 Å². The first-order chi connectivity index (χ1) is 22.0. The van der Waals surface area contributed by atoms with E-state index in [1.165, 1.54) is 44.5 Å². The first-order valence-electron chi connectivity index (χ1n) is 17.2. The number of hydrogen-bond acceptors (Lipinski definition) is 4. The topological polar surface area (TPSA) is 63.3 Å². The van der Waals surface area contributed by atoms with E-state index in [0.29, 0.717) is 5.92 Å². The molecule has 47 heavy (non-hydrogen) atoms. The van der Waals surface area contributed by atoms with Gasteiger partial charge in [0.2, 0.25) is 0 Å². The number of fused-ring (bicyclic) bond motifs is 4. The molecule has 1 N–H and O–H groups in total. The van der Waals surface area contributed by atoms with E-state index in [1.54, 1.807) is 0 Å². The van der Waals surface area contributed by atoms with Crippen molar-refractivity contribution in [2.45, 2.75) is 99.8 Å². The van der Waals surface area contributed by atoms with E-state index in [9.17, 15) is 9.90 Å². The summed E-state index contributed by atoms with van der Waals surface area (Å²) in [6.07, 6.45) is 7.78. The smallest absolute Gasteiger partial charge is 0.162 e. The number of ketones is 1. The van der Waals surface area contributed by atoms with E-state index in [1.807, 2.05) is 40.0 Å². The maximum absolute atomic E-state index is 11.7. The second kappa shape index (κ2) is 14.9. The molecule has 0 saturated heterocycles. The molecule has 1 aliphatic carbocycles. The number of pyridine rings is 1. The molecule has 0 spiro atoms. The summed E-state index contributed by atoms with van der Waals surface area (Å²) >= 11 is 0. The third kappa shape index (κ3) is 6.85. The quantitative estimate of drug-likeness (QED) is 0.0915. The van der Waals surface area contributed by atoms with Crippen molar-refractivity contribution < 1.29 is 34.4 Å². The van der Waals surface area contributed by atoms with Gasteiger partial charge in [-0.15, -0.1) is 23.3 Å². The van der Waals surface area contributed by atoms with Gasteiger partial charge in [-0.2, -0.15) is 0 Å². The van der Waals surface area contributed by atoms with Gasteiger partial charge in [0, 0.05) is 55.0 Å². The molecule has 1 aliphatic rings. The fourth-order valence-corrected chi connectivity index (χ4v) is 7.32. The third-order valence-corrected chi connectivity index (χ3v) is 9.96. The Bertz CT molecular complexity index is 1920. The molecule has 0 unspecified atom stereocenters. The number of hydrogen-bond donors (Lipinski definition) is 1. The fourth-order valence-electron chi connectivity index (χ4n) is 7.32. The van der Waals surface area contributed by atoms with Gasteiger partial charge in [-0.3, -0.25) is 4.79 Å². The Morgan fingerprint density at radius 3 is 2.30 bits per heavy atom. The number of rotatable bonds is 9. The van der Waals surface area contributed by atoms with Crippen molar-refractivity contribution in [3.05, 3.63) is 88.8 Å². The normalized spacial score (nSPS) is 13.7. The van der Waals surface area contributed by atoms with E-state index in [4.69, 9.17) is 9.40 Å². The number of aryl methyl sites for hydroxylation is 1. The molecule has 0 aliphatic heterocycles. The van der Waals surface area contributed by atoms with Gasteiger partial charge in [0.15, 0.2) is 5.78 Å². The van der Waals surface area contributed by atoms with Gasteiger partial charge in [-0.25, -0.2) is 0 Å². The molecule has 0 saturated carbocycles. The van der Waals surface area contributed by atoms with Crippen LogP contribution in [0.15, 0.2) is 64.9 Å². The maximum Gasteiger partial charge on any atom is 0.162 e. The van der Waals surface area contributed by atoms with Crippen LogP contribution < -0.4 is 0 Å². The Balaban J connectivity index is 0.000000269. The summed E-state index contributed by atoms with van der Waals surface area (Å²) in [6, 6.07) is 19.1. The van der Waals surface area contributed by atoms with Crippen LogP contribution >= 0.6 is 0 Å². The minimum absolute atomic E-state index is 0. The van der Waals surface area contributed by atoms with Crippen molar-refractivity contribution in [3.8, 4) is 11.3 Å². The second-order valence-electron chi connectivity index (χ2n) is 14.0. The average molecular weight is 809 g/mol. The van der Waals surface area contributed by atoms with Crippen LogP contribution in [0.25, 0.3) is 44.0 Å². The summed E-state index contributed by atoms with van der Waals surface area (Å²) in [5.41, 5.74) is 8.97. The number of nitrogens with zero attached hydrogens (tertiary/aromatic N) is 1. The van der Waals surface area contributed by atoms with Gasteiger partial charge >= 0.3 is 0 Å². The van der Waals surface area contributed by atoms with Crippen LogP contribution in [0.3, 0.4) is 0 Å². The van der Waals surface area contributed by atoms with Crippen LogP contribution in [0.2, 0.25) is 0 Å². The number of aliphatic hydroxyl groups is 1. The van der Waals surface area contributed by atoms with Gasteiger partial charge in [0.25, 0.3) is 0 Å². The molecule has 5 aromatic rings. The summed E-state index contributed by atoms with van der Waals surface area (Å²) in [5, 5.41) is 14.6. The van der Waals surface area contributed by atoms with Gasteiger partial charge < -0.3 is 14.5 Å². The Hall–Kier alpha value is -3.27. The molecule has 2 aromatic heterocycles. The number of aliphatic hydroxyl groups excluding tert-OH is 1. The monoisotopic (exact) mass is 809 g/mol. The zero-order valence-electron chi connectivity index (χ0n) is 29.5. The Labute approximate surface area is 294 Å². The van der Waals surface area contributed by atoms with Crippen LogP contribution in [0.5, 0.6) is 0 Å². The third-order valence-electron chi connectivity index (χ3n) is 9.96. The molecule has 3 aromatic carbocycles. The number of carbonyl (C=O) groups is 1. The molecule has 0 atom stereocenters. The van der Waals surface area contributed by atoms with E-state index in [0.717, 1.165) is 59.9 Å². The molecule has 0 bridgehead atoms. The summed E-state index contributed by atoms with van der Waals surface area (Å²) in [4.78, 5) is 16.6. The summed E-state index contributed by atoms with van der Waals surface area (Å²) in [5.74, 6) is 1.11. The number of furan rings is 1. The van der Waals surface area contributed by atoms with E-state index >= 15 is 0 Å². The first-order valence-corrected chi connectivity index (χ1v) is 17.2. The zero-order chi connectivity index (χ0) is 33.3. The Morgan fingerprint density at radius 1 is 0.979 bits per heavy atom. The van der Waals surface area contributed by atoms with Crippen LogP contribution in [-0.4, -0.2) is 15.9 Å². The van der Waals surface area contributed by atoms with Crippen molar-refractivity contribution in [2.24, 2.45) is 17.8 Å². The minimum Gasteiger partial charge on any atom is -0.512 e. The molecule has 0 fully saturated rings. The molecule has 6 rings (SSSR count). The minimum atomic E-state index is -0.216. The number of aromatic nitrogens is 1. The summed E-state index contributed by atoms with van der Waals surface area (Å²) in [6.45, 7) is 19.4. The van der Waals surface area contributed by atoms with Crippen molar-refractivity contribution >= 4 is 38.5 Å². The van der Waals surface area contributed by atoms with Crippen molar-refractivity contribution in [3.63, 3.8) is 0 Å². The fraction of sp³-hybridized carbons (Fsp3) is 0.429. The standard InChI is InChI=1S/C29H26NO.C13H24O2.Ir/c1-16(2)14-19-8-11-22-24-25-23(31-28(19)24)12-13-30-27(25)21-10-7-18-15-17(3)6-9-20(18)26(21)29(22,4)5;1-5-10(6-2)12(14)9-13(15)11(7-3)8-4;/h6-9,11-13,15-16H,14H2,1-5H3;9-11,14H,5-8H2,1-4H3;/q-1;;/b;12-9-;. The molecule has 4 nitrogen and oxygen atoms in total. The van der Waals surface area contributed by atoms with Gasteiger partial charge in [0.1, 0.15) is 11.2 Å². The van der Waals surface area contributed by atoms with Gasteiger partial charge in [-0.1, -0.05) is 102 Å². The zero-order valence-corrected chi connectivity index (χ0v) is 31.9. The molecule has 1 radical (unpaired) electrons. The van der Waals surface area contributed by atoms with Crippen molar-refractivity contribution in [1.82, 2.24) is 4.98 Å². The number of allylic oxidation sites excluding steroid dienone is 2. The van der Waals surface area contributed by atoms with E-state index in [-0.39, 0.29) is 48.9 Å². The molecule has 5 heteroatoms. The summed E-state index contributed by atoms with van der Waals surface area (Å²) < 4.78 is 6.50. The molecular weight excluding hydrogens is 759 g/mol. The van der Waals surface area contributed by atoms with Crippen molar-refractivity contribution in [1.29, 1.82) is 0 Å². The van der Waals surface area contributed by atoms with Crippen molar-refractivity contribution in [2.75, 3.05) is 0 Å². The van der Waals surface area contributed by atoms with Gasteiger partial charge in [0.05, 0.1) is 5.76 Å².